The van der Waals surface area contributed by atoms with E-state index in [1.54, 1.807) is 24.3 Å². The highest BCUT2D eigenvalue weighted by molar-refractivity contribution is 7.90. The summed E-state index contributed by atoms with van der Waals surface area (Å²) in [6, 6.07) is 12.4. The highest BCUT2D eigenvalue weighted by atomic mass is 32.2. The van der Waals surface area contributed by atoms with Crippen molar-refractivity contribution < 1.29 is 32.7 Å². The van der Waals surface area contributed by atoms with Crippen LogP contribution in [-0.4, -0.2) is 38.5 Å². The van der Waals surface area contributed by atoms with Crippen LogP contribution in [0, 0.1) is 6.92 Å². The van der Waals surface area contributed by atoms with Crippen LogP contribution >= 0.6 is 0 Å². The Hall–Kier alpha value is -2.56. The maximum atomic E-state index is 12.0. The highest BCUT2D eigenvalue weighted by Crippen LogP contribution is 2.13. The zero-order valence-electron chi connectivity index (χ0n) is 14.0. The van der Waals surface area contributed by atoms with Gasteiger partial charge in [0.15, 0.2) is 0 Å². The van der Waals surface area contributed by atoms with E-state index in [1.807, 2.05) is 11.6 Å². The van der Waals surface area contributed by atoms with Crippen molar-refractivity contribution >= 4 is 23.4 Å². The summed E-state index contributed by atoms with van der Waals surface area (Å²) in [5.41, 5.74) is 1.69. The number of aryl methyl sites for hydroxylation is 1. The van der Waals surface area contributed by atoms with Crippen LogP contribution in [0.15, 0.2) is 53.4 Å². The standard InChI is InChI=1S/C16H18BNO7S/c1-12-2-8-15(9-3-12)26(22,23)18-16(19)24-11-10-13-4-6-14(7-5-13)25-17(20)21/h2-9,20-21H,10-11H2,1H3,(H,18,19). The molecule has 10 heteroatoms. The first-order valence-corrected chi connectivity index (χ1v) is 9.12. The number of benzene rings is 2. The van der Waals surface area contributed by atoms with Crippen molar-refractivity contribution in [3.8, 4) is 5.75 Å². The van der Waals surface area contributed by atoms with Gasteiger partial charge in [0, 0.05) is 6.42 Å². The van der Waals surface area contributed by atoms with Crippen molar-refractivity contribution in [2.24, 2.45) is 0 Å². The SMILES string of the molecule is Cc1ccc(S(=O)(=O)NC(=O)OCCc2ccc(OB(O)O)cc2)cc1. The zero-order valence-corrected chi connectivity index (χ0v) is 14.8. The molecule has 2 aromatic rings. The summed E-state index contributed by atoms with van der Waals surface area (Å²) >= 11 is 0. The van der Waals surface area contributed by atoms with Crippen molar-refractivity contribution in [2.45, 2.75) is 18.2 Å². The van der Waals surface area contributed by atoms with Gasteiger partial charge in [0.2, 0.25) is 0 Å². The second kappa shape index (κ2) is 8.70. The molecule has 0 aliphatic carbocycles. The normalized spacial score (nSPS) is 10.9. The molecule has 0 atom stereocenters. The van der Waals surface area contributed by atoms with Gasteiger partial charge in [-0.1, -0.05) is 29.8 Å². The van der Waals surface area contributed by atoms with Gasteiger partial charge in [-0.25, -0.2) is 17.9 Å². The second-order valence-corrected chi connectivity index (χ2v) is 7.07. The maximum Gasteiger partial charge on any atom is 0.707 e. The van der Waals surface area contributed by atoms with Crippen LogP contribution < -0.4 is 9.38 Å². The molecule has 0 aliphatic heterocycles. The highest BCUT2D eigenvalue weighted by Gasteiger charge is 2.18. The van der Waals surface area contributed by atoms with Crippen LogP contribution in [0.1, 0.15) is 11.1 Å². The third-order valence-electron chi connectivity index (χ3n) is 3.34. The van der Waals surface area contributed by atoms with E-state index in [4.69, 9.17) is 14.8 Å². The van der Waals surface area contributed by atoms with Crippen molar-refractivity contribution in [2.75, 3.05) is 6.61 Å². The number of carbonyl (C=O) groups is 1. The van der Waals surface area contributed by atoms with Crippen LogP contribution in [0.2, 0.25) is 0 Å². The Labute approximate surface area is 151 Å². The lowest BCUT2D eigenvalue weighted by atomic mass is 10.1. The molecule has 2 rings (SSSR count). The lowest BCUT2D eigenvalue weighted by molar-refractivity contribution is 0.154. The summed E-state index contributed by atoms with van der Waals surface area (Å²) in [4.78, 5) is 11.7. The Kier molecular flexibility index (Phi) is 6.61. The fourth-order valence-electron chi connectivity index (χ4n) is 2.03. The third kappa shape index (κ3) is 6.06. The quantitative estimate of drug-likeness (QED) is 0.614. The smallest absolute Gasteiger partial charge is 0.512 e. The minimum absolute atomic E-state index is 0.0262. The van der Waals surface area contributed by atoms with E-state index < -0.39 is 23.4 Å². The van der Waals surface area contributed by atoms with Gasteiger partial charge in [-0.05, 0) is 36.8 Å². The molecule has 138 valence electrons. The van der Waals surface area contributed by atoms with E-state index in [0.717, 1.165) is 11.1 Å². The van der Waals surface area contributed by atoms with Gasteiger partial charge >= 0.3 is 13.4 Å². The molecule has 0 bridgehead atoms. The minimum Gasteiger partial charge on any atom is -0.512 e. The van der Waals surface area contributed by atoms with Crippen LogP contribution in [0.25, 0.3) is 0 Å². The topological polar surface area (TPSA) is 122 Å². The molecule has 0 saturated heterocycles. The minimum atomic E-state index is -3.98. The van der Waals surface area contributed by atoms with E-state index in [0.29, 0.717) is 6.42 Å². The Morgan fingerprint density at radius 1 is 1.08 bits per heavy atom. The summed E-state index contributed by atoms with van der Waals surface area (Å²) in [7, 11) is -5.88. The molecule has 0 heterocycles. The average molecular weight is 379 g/mol. The number of hydrogen-bond donors (Lipinski definition) is 3. The second-order valence-electron chi connectivity index (χ2n) is 5.39. The predicted molar refractivity (Wildman–Crippen MR) is 93.8 cm³/mol. The molecule has 2 aromatic carbocycles. The number of ether oxygens (including phenoxy) is 1. The Morgan fingerprint density at radius 3 is 2.27 bits per heavy atom. The third-order valence-corrected chi connectivity index (χ3v) is 4.67. The summed E-state index contributed by atoms with van der Waals surface area (Å²) in [6.45, 7) is 1.79. The van der Waals surface area contributed by atoms with Gasteiger partial charge in [-0.2, -0.15) is 0 Å². The van der Waals surface area contributed by atoms with Gasteiger partial charge in [0.05, 0.1) is 11.5 Å². The van der Waals surface area contributed by atoms with Crippen molar-refractivity contribution in [3.63, 3.8) is 0 Å². The van der Waals surface area contributed by atoms with Crippen molar-refractivity contribution in [1.82, 2.24) is 4.72 Å². The number of amides is 1. The summed E-state index contributed by atoms with van der Waals surface area (Å²) in [5.74, 6) is 0.270. The lowest BCUT2D eigenvalue weighted by Crippen LogP contribution is -2.31. The molecular formula is C16H18BNO7S. The van der Waals surface area contributed by atoms with Gasteiger partial charge in [-0.15, -0.1) is 0 Å². The predicted octanol–water partition coefficient (Wildman–Crippen LogP) is 1.00. The van der Waals surface area contributed by atoms with Gasteiger partial charge < -0.3 is 19.4 Å². The van der Waals surface area contributed by atoms with Crippen molar-refractivity contribution in [1.29, 1.82) is 0 Å². The molecule has 0 saturated carbocycles. The largest absolute Gasteiger partial charge is 0.707 e. The fraction of sp³-hybridized carbons (Fsp3) is 0.188. The van der Waals surface area contributed by atoms with Crippen LogP contribution in [0.4, 0.5) is 4.79 Å². The Bertz CT molecular complexity index is 836. The van der Waals surface area contributed by atoms with E-state index >= 15 is 0 Å². The van der Waals surface area contributed by atoms with Gasteiger partial charge in [-0.3, -0.25) is 0 Å². The number of hydrogen-bond acceptors (Lipinski definition) is 7. The number of rotatable bonds is 7. The molecule has 0 aromatic heterocycles. The number of carbonyl (C=O) groups excluding carboxylic acids is 1. The molecular weight excluding hydrogens is 361 g/mol. The first-order valence-electron chi connectivity index (χ1n) is 7.64. The molecule has 3 N–H and O–H groups in total. The van der Waals surface area contributed by atoms with Gasteiger partial charge in [0.25, 0.3) is 10.0 Å². The molecule has 0 fully saturated rings. The number of sulfonamides is 1. The molecule has 8 nitrogen and oxygen atoms in total. The summed E-state index contributed by atoms with van der Waals surface area (Å²) in [6.07, 6.45) is -0.714. The Balaban J connectivity index is 1.82. The summed E-state index contributed by atoms with van der Waals surface area (Å²) in [5, 5.41) is 17.4. The van der Waals surface area contributed by atoms with Crippen LogP contribution in [0.5, 0.6) is 5.75 Å². The lowest BCUT2D eigenvalue weighted by Gasteiger charge is -2.09. The summed E-state index contributed by atoms with van der Waals surface area (Å²) < 4.78 is 35.5. The van der Waals surface area contributed by atoms with Crippen LogP contribution in [-0.2, 0) is 21.2 Å². The van der Waals surface area contributed by atoms with Crippen molar-refractivity contribution in [3.05, 3.63) is 59.7 Å². The number of nitrogens with one attached hydrogen (secondary N) is 1. The van der Waals surface area contributed by atoms with E-state index in [2.05, 4.69) is 4.65 Å². The van der Waals surface area contributed by atoms with Crippen LogP contribution in [0.3, 0.4) is 0 Å². The average Bonchev–Trinajstić information content (AvgIpc) is 2.56. The first-order chi connectivity index (χ1) is 12.3. The molecule has 1 amide bonds. The molecule has 0 spiro atoms. The molecule has 0 aliphatic rings. The fourth-order valence-corrected chi connectivity index (χ4v) is 2.92. The van der Waals surface area contributed by atoms with E-state index in [1.165, 1.54) is 24.3 Å². The van der Waals surface area contributed by atoms with E-state index in [-0.39, 0.29) is 17.3 Å². The molecule has 26 heavy (non-hydrogen) atoms. The Morgan fingerprint density at radius 2 is 1.69 bits per heavy atom. The van der Waals surface area contributed by atoms with E-state index in [9.17, 15) is 13.2 Å². The van der Waals surface area contributed by atoms with Gasteiger partial charge in [0.1, 0.15) is 5.75 Å². The monoisotopic (exact) mass is 379 g/mol. The molecule has 0 unspecified atom stereocenters. The molecule has 0 radical (unpaired) electrons. The zero-order chi connectivity index (χ0) is 19.2. The maximum absolute atomic E-state index is 12.0. The first kappa shape index (κ1) is 19.8.